The van der Waals surface area contributed by atoms with Crippen molar-refractivity contribution in [3.8, 4) is 0 Å². The molecule has 1 saturated heterocycles. The molecule has 0 bridgehead atoms. The van der Waals surface area contributed by atoms with Gasteiger partial charge in [0.15, 0.2) is 0 Å². The highest BCUT2D eigenvalue weighted by atomic mass is 16.2. The van der Waals surface area contributed by atoms with E-state index in [2.05, 4.69) is 10.3 Å². The van der Waals surface area contributed by atoms with E-state index in [1.54, 1.807) is 6.20 Å². The highest BCUT2D eigenvalue weighted by molar-refractivity contribution is 5.82. The molecular formula is C11H16N4O. The molecular weight excluding hydrogens is 204 g/mol. The van der Waals surface area contributed by atoms with Crippen molar-refractivity contribution < 1.29 is 4.79 Å². The summed E-state index contributed by atoms with van der Waals surface area (Å²) >= 11 is 0. The number of carbonyl (C=O) groups excluding carboxylic acids is 1. The molecule has 0 aliphatic carbocycles. The molecule has 5 nitrogen and oxygen atoms in total. The van der Waals surface area contributed by atoms with E-state index in [0.717, 1.165) is 17.9 Å². The molecule has 1 aromatic heterocycles. The second kappa shape index (κ2) is 4.49. The van der Waals surface area contributed by atoms with E-state index in [1.807, 2.05) is 24.0 Å². The molecule has 0 spiro atoms. The summed E-state index contributed by atoms with van der Waals surface area (Å²) < 4.78 is 0. The van der Waals surface area contributed by atoms with E-state index in [-0.39, 0.29) is 11.9 Å². The number of nitrogens with two attached hydrogens (primary N) is 1. The fourth-order valence-corrected chi connectivity index (χ4v) is 1.85. The Morgan fingerprint density at radius 2 is 2.44 bits per heavy atom. The third-order valence-corrected chi connectivity index (χ3v) is 2.65. The number of nitrogens with one attached hydrogen (secondary N) is 1. The maximum absolute atomic E-state index is 11.3. The van der Waals surface area contributed by atoms with E-state index in [1.165, 1.54) is 0 Å². The summed E-state index contributed by atoms with van der Waals surface area (Å²) in [5.74, 6) is 0.861. The normalized spacial score (nSPS) is 18.1. The van der Waals surface area contributed by atoms with E-state index >= 15 is 0 Å². The van der Waals surface area contributed by atoms with Gasteiger partial charge in [0.1, 0.15) is 5.82 Å². The molecule has 3 N–H and O–H groups in total. The smallest absolute Gasteiger partial charge is 0.239 e. The Balaban J connectivity index is 2.28. The first-order valence-corrected chi connectivity index (χ1v) is 5.40. The maximum Gasteiger partial charge on any atom is 0.239 e. The third-order valence-electron chi connectivity index (χ3n) is 2.65. The summed E-state index contributed by atoms with van der Waals surface area (Å²) in [6.07, 6.45) is 1.73. The lowest BCUT2D eigenvalue weighted by Crippen LogP contribution is -2.48. The zero-order chi connectivity index (χ0) is 11.5. The maximum atomic E-state index is 11.3. The topological polar surface area (TPSA) is 71.2 Å². The Kier molecular flexibility index (Phi) is 3.05. The fraction of sp³-hybridized carbons (Fsp3) is 0.455. The molecule has 1 aromatic rings. The van der Waals surface area contributed by atoms with Gasteiger partial charge in [-0.3, -0.25) is 4.79 Å². The van der Waals surface area contributed by atoms with Gasteiger partial charge in [-0.25, -0.2) is 4.98 Å². The van der Waals surface area contributed by atoms with Gasteiger partial charge in [0.25, 0.3) is 0 Å². The summed E-state index contributed by atoms with van der Waals surface area (Å²) in [6.45, 7) is 3.72. The molecule has 0 aromatic carbocycles. The minimum atomic E-state index is -0.0753. The monoisotopic (exact) mass is 220 g/mol. The Morgan fingerprint density at radius 3 is 3.12 bits per heavy atom. The Hall–Kier alpha value is -1.62. The van der Waals surface area contributed by atoms with Crippen LogP contribution in [0.3, 0.4) is 0 Å². The van der Waals surface area contributed by atoms with Crippen molar-refractivity contribution in [2.24, 2.45) is 5.73 Å². The number of piperazine rings is 1. The zero-order valence-corrected chi connectivity index (χ0v) is 9.31. The van der Waals surface area contributed by atoms with Gasteiger partial charge in [-0.05, 0) is 13.0 Å². The number of hydrogen-bond acceptors (Lipinski definition) is 4. The predicted molar refractivity (Wildman–Crippen MR) is 62.1 cm³/mol. The number of pyridine rings is 1. The van der Waals surface area contributed by atoms with Gasteiger partial charge in [-0.1, -0.05) is 6.07 Å². The summed E-state index contributed by atoms with van der Waals surface area (Å²) in [5.41, 5.74) is 6.87. The van der Waals surface area contributed by atoms with E-state index < -0.39 is 0 Å². The van der Waals surface area contributed by atoms with Crippen molar-refractivity contribution in [2.45, 2.75) is 13.0 Å². The van der Waals surface area contributed by atoms with E-state index in [0.29, 0.717) is 13.1 Å². The van der Waals surface area contributed by atoms with Gasteiger partial charge in [0.05, 0.1) is 6.54 Å². The average Bonchev–Trinajstić information content (AvgIpc) is 2.29. The summed E-state index contributed by atoms with van der Waals surface area (Å²) in [6, 6.07) is 3.75. The Bertz CT molecular complexity index is 391. The lowest BCUT2D eigenvalue weighted by atomic mass is 10.1. The molecule has 1 fully saturated rings. The van der Waals surface area contributed by atoms with Crippen LogP contribution in [0.25, 0.3) is 0 Å². The summed E-state index contributed by atoms with van der Waals surface area (Å²) in [7, 11) is 0. The Labute approximate surface area is 94.6 Å². The zero-order valence-electron chi connectivity index (χ0n) is 9.31. The number of anilines is 1. The molecule has 0 unspecified atom stereocenters. The van der Waals surface area contributed by atoms with Crippen LogP contribution in [0.1, 0.15) is 18.5 Å². The van der Waals surface area contributed by atoms with Crippen LogP contribution in [0.15, 0.2) is 18.3 Å². The standard InChI is InChI=1S/C11H16N4O/c1-8(12)9-3-2-4-14-11(9)15-6-5-13-10(16)7-15/h2-4,8H,5-7,12H2,1H3,(H,13,16)/t8-/m1/s1. The van der Waals surface area contributed by atoms with Gasteiger partial charge in [-0.2, -0.15) is 0 Å². The highest BCUT2D eigenvalue weighted by Crippen LogP contribution is 2.22. The molecule has 0 radical (unpaired) electrons. The molecule has 16 heavy (non-hydrogen) atoms. The average molecular weight is 220 g/mol. The molecule has 5 heteroatoms. The van der Waals surface area contributed by atoms with Crippen molar-refractivity contribution in [2.75, 3.05) is 24.5 Å². The number of amides is 1. The fourth-order valence-electron chi connectivity index (χ4n) is 1.85. The molecule has 0 saturated carbocycles. The molecule has 2 heterocycles. The number of hydrogen-bond donors (Lipinski definition) is 2. The van der Waals surface area contributed by atoms with Crippen LogP contribution in [0.5, 0.6) is 0 Å². The van der Waals surface area contributed by atoms with Gasteiger partial charge in [0, 0.05) is 30.9 Å². The van der Waals surface area contributed by atoms with Gasteiger partial charge >= 0.3 is 0 Å². The van der Waals surface area contributed by atoms with E-state index in [9.17, 15) is 4.79 Å². The molecule has 1 aliphatic heterocycles. The first-order valence-electron chi connectivity index (χ1n) is 5.40. The van der Waals surface area contributed by atoms with Crippen LogP contribution in [-0.2, 0) is 4.79 Å². The first-order chi connectivity index (χ1) is 7.68. The second-order valence-corrected chi connectivity index (χ2v) is 3.98. The molecule has 86 valence electrons. The predicted octanol–water partition coefficient (Wildman–Crippen LogP) is 0.0375. The van der Waals surface area contributed by atoms with Crippen LogP contribution in [0, 0.1) is 0 Å². The van der Waals surface area contributed by atoms with Gasteiger partial charge < -0.3 is 16.0 Å². The minimum Gasteiger partial charge on any atom is -0.353 e. The van der Waals surface area contributed by atoms with Crippen molar-refractivity contribution in [1.82, 2.24) is 10.3 Å². The summed E-state index contributed by atoms with van der Waals surface area (Å²) in [4.78, 5) is 17.6. The van der Waals surface area contributed by atoms with Gasteiger partial charge in [0.2, 0.25) is 5.91 Å². The van der Waals surface area contributed by atoms with Crippen LogP contribution >= 0.6 is 0 Å². The van der Waals surface area contributed by atoms with E-state index in [4.69, 9.17) is 5.73 Å². The van der Waals surface area contributed by atoms with Crippen LogP contribution in [0.4, 0.5) is 5.82 Å². The van der Waals surface area contributed by atoms with Crippen molar-refractivity contribution in [1.29, 1.82) is 0 Å². The molecule has 1 amide bonds. The quantitative estimate of drug-likeness (QED) is 0.738. The second-order valence-electron chi connectivity index (χ2n) is 3.98. The van der Waals surface area contributed by atoms with Crippen molar-refractivity contribution in [3.05, 3.63) is 23.9 Å². The lowest BCUT2D eigenvalue weighted by Gasteiger charge is -2.29. The number of aromatic nitrogens is 1. The Morgan fingerprint density at radius 1 is 1.62 bits per heavy atom. The lowest BCUT2D eigenvalue weighted by molar-refractivity contribution is -0.120. The molecule has 1 aliphatic rings. The number of rotatable bonds is 2. The summed E-state index contributed by atoms with van der Waals surface area (Å²) in [5, 5.41) is 2.79. The number of carbonyl (C=O) groups is 1. The van der Waals surface area contributed by atoms with Crippen molar-refractivity contribution >= 4 is 11.7 Å². The first kappa shape index (κ1) is 10.9. The van der Waals surface area contributed by atoms with Crippen LogP contribution in [-0.4, -0.2) is 30.5 Å². The largest absolute Gasteiger partial charge is 0.353 e. The minimum absolute atomic E-state index is 0.0347. The van der Waals surface area contributed by atoms with Gasteiger partial charge in [-0.15, -0.1) is 0 Å². The van der Waals surface area contributed by atoms with Crippen LogP contribution in [0.2, 0.25) is 0 Å². The molecule has 2 rings (SSSR count). The SMILES string of the molecule is C[C@@H](N)c1cccnc1N1CCNC(=O)C1. The molecule has 1 atom stereocenters. The third kappa shape index (κ3) is 2.14. The number of nitrogens with zero attached hydrogens (tertiary/aromatic N) is 2. The van der Waals surface area contributed by atoms with Crippen molar-refractivity contribution in [3.63, 3.8) is 0 Å². The van der Waals surface area contributed by atoms with Crippen LogP contribution < -0.4 is 16.0 Å². The highest BCUT2D eigenvalue weighted by Gasteiger charge is 2.20.